The first-order valence-electron chi connectivity index (χ1n) is 9.54. The largest absolute Gasteiger partial charge is 0.298 e. The van der Waals surface area contributed by atoms with Gasteiger partial charge in [-0.2, -0.15) is 11.3 Å². The van der Waals surface area contributed by atoms with Gasteiger partial charge in [0.2, 0.25) is 5.78 Å². The van der Waals surface area contributed by atoms with Crippen LogP contribution in [-0.4, -0.2) is 22.5 Å². The van der Waals surface area contributed by atoms with Crippen LogP contribution in [0, 0.1) is 11.8 Å². The first-order valence-corrected chi connectivity index (χ1v) is 10.9. The number of carbonyl (C=O) groups excluding carboxylic acids is 3. The van der Waals surface area contributed by atoms with Gasteiger partial charge in [-0.3, -0.25) is 19.3 Å². The summed E-state index contributed by atoms with van der Waals surface area (Å²) >= 11 is 7.93. The third-order valence-electron chi connectivity index (χ3n) is 5.29. The predicted molar refractivity (Wildman–Crippen MR) is 118 cm³/mol. The number of pyridine rings is 1. The Morgan fingerprint density at radius 1 is 1.10 bits per heavy atom. The van der Waals surface area contributed by atoms with Crippen molar-refractivity contribution in [3.8, 4) is 11.1 Å². The van der Waals surface area contributed by atoms with Gasteiger partial charge in [0, 0.05) is 23.4 Å². The van der Waals surface area contributed by atoms with Crippen LogP contribution >= 0.6 is 22.9 Å². The zero-order valence-corrected chi connectivity index (χ0v) is 18.0. The molecule has 2 atom stereocenters. The number of rotatable bonds is 5. The Morgan fingerprint density at radius 2 is 1.83 bits per heavy atom. The van der Waals surface area contributed by atoms with Crippen LogP contribution in [0.3, 0.4) is 0 Å². The summed E-state index contributed by atoms with van der Waals surface area (Å²) < 4.78 is 0. The number of benzene rings is 1. The molecule has 4 rings (SSSR count). The fourth-order valence-corrected chi connectivity index (χ4v) is 4.67. The average molecular weight is 439 g/mol. The number of Topliss-reactive ketones (excluding diaryl/α,β-unsaturated/α-hetero) is 2. The molecule has 1 aromatic carbocycles. The molecule has 1 aliphatic rings. The lowest BCUT2D eigenvalue weighted by Gasteiger charge is -2.28. The smallest absolute Gasteiger partial charge is 0.295 e. The van der Waals surface area contributed by atoms with Crippen LogP contribution in [0.1, 0.15) is 25.5 Å². The van der Waals surface area contributed by atoms with Gasteiger partial charge in [-0.1, -0.05) is 43.6 Å². The molecule has 1 amide bonds. The molecule has 0 radical (unpaired) electrons. The number of hydrogen-bond acceptors (Lipinski definition) is 5. The molecule has 1 fully saturated rings. The number of amides is 1. The van der Waals surface area contributed by atoms with Gasteiger partial charge < -0.3 is 0 Å². The summed E-state index contributed by atoms with van der Waals surface area (Å²) in [7, 11) is 0. The van der Waals surface area contributed by atoms with Crippen LogP contribution < -0.4 is 4.90 Å². The summed E-state index contributed by atoms with van der Waals surface area (Å²) in [6, 6.07) is 12.0. The van der Waals surface area contributed by atoms with Crippen molar-refractivity contribution in [2.45, 2.75) is 19.9 Å². The summed E-state index contributed by atoms with van der Waals surface area (Å²) in [4.78, 5) is 44.3. The van der Waals surface area contributed by atoms with Gasteiger partial charge in [0.25, 0.3) is 5.91 Å². The van der Waals surface area contributed by atoms with Crippen LogP contribution in [0.2, 0.25) is 5.15 Å². The van der Waals surface area contributed by atoms with Gasteiger partial charge in [0.05, 0.1) is 6.04 Å². The van der Waals surface area contributed by atoms with E-state index in [4.69, 9.17) is 11.6 Å². The molecule has 30 heavy (non-hydrogen) atoms. The summed E-state index contributed by atoms with van der Waals surface area (Å²) in [5.74, 6) is -3.21. The minimum absolute atomic E-state index is 0.173. The fraction of sp³-hybridized carbons (Fsp3) is 0.217. The molecule has 0 aliphatic carbocycles. The second-order valence-electron chi connectivity index (χ2n) is 7.46. The van der Waals surface area contributed by atoms with Crippen molar-refractivity contribution < 1.29 is 14.4 Å². The fourth-order valence-electron chi connectivity index (χ4n) is 3.77. The summed E-state index contributed by atoms with van der Waals surface area (Å²) in [6.07, 6.45) is 1.53. The van der Waals surface area contributed by atoms with E-state index in [1.54, 1.807) is 49.4 Å². The van der Waals surface area contributed by atoms with E-state index in [2.05, 4.69) is 4.98 Å². The maximum atomic E-state index is 13.0. The number of halogens is 1. The highest BCUT2D eigenvalue weighted by Gasteiger charge is 2.53. The minimum Gasteiger partial charge on any atom is -0.298 e. The van der Waals surface area contributed by atoms with E-state index >= 15 is 0 Å². The number of thiophene rings is 1. The maximum Gasteiger partial charge on any atom is 0.295 e. The lowest BCUT2D eigenvalue weighted by molar-refractivity contribution is -0.139. The van der Waals surface area contributed by atoms with Gasteiger partial charge in [0.15, 0.2) is 0 Å². The van der Waals surface area contributed by atoms with Crippen molar-refractivity contribution in [1.82, 2.24) is 4.98 Å². The Kier molecular flexibility index (Phi) is 5.54. The third-order valence-corrected chi connectivity index (χ3v) is 6.29. The van der Waals surface area contributed by atoms with Gasteiger partial charge in [-0.25, -0.2) is 4.98 Å². The van der Waals surface area contributed by atoms with E-state index in [-0.39, 0.29) is 10.9 Å². The van der Waals surface area contributed by atoms with Crippen molar-refractivity contribution in [3.05, 3.63) is 70.1 Å². The average Bonchev–Trinajstić information content (AvgIpc) is 3.36. The van der Waals surface area contributed by atoms with E-state index in [1.807, 2.05) is 29.0 Å². The number of ketones is 2. The lowest BCUT2D eigenvalue weighted by atomic mass is 9.85. The third kappa shape index (κ3) is 3.46. The topological polar surface area (TPSA) is 67.3 Å². The van der Waals surface area contributed by atoms with E-state index in [0.717, 1.165) is 11.1 Å². The van der Waals surface area contributed by atoms with Crippen LogP contribution in [0.25, 0.3) is 11.1 Å². The molecule has 7 heteroatoms. The first kappa shape index (κ1) is 20.4. The highest BCUT2D eigenvalue weighted by molar-refractivity contribution is 7.08. The number of hydrogen-bond donors (Lipinski definition) is 0. The van der Waals surface area contributed by atoms with E-state index in [0.29, 0.717) is 11.3 Å². The van der Waals surface area contributed by atoms with Gasteiger partial charge in [0.1, 0.15) is 16.9 Å². The monoisotopic (exact) mass is 438 g/mol. The van der Waals surface area contributed by atoms with Crippen LogP contribution in [0.4, 0.5) is 5.69 Å². The quantitative estimate of drug-likeness (QED) is 0.320. The highest BCUT2D eigenvalue weighted by atomic mass is 35.5. The Hall–Kier alpha value is -2.83. The molecular formula is C23H19ClN2O3S. The maximum absolute atomic E-state index is 13.0. The molecule has 5 nitrogen and oxygen atoms in total. The summed E-state index contributed by atoms with van der Waals surface area (Å²) in [5, 5.41) is 4.20. The van der Waals surface area contributed by atoms with Crippen molar-refractivity contribution in [2.24, 2.45) is 11.8 Å². The highest BCUT2D eigenvalue weighted by Crippen LogP contribution is 2.43. The number of anilines is 1. The van der Waals surface area contributed by atoms with Crippen LogP contribution in [-0.2, 0) is 14.4 Å². The predicted octanol–water partition coefficient (Wildman–Crippen LogP) is 4.96. The van der Waals surface area contributed by atoms with Gasteiger partial charge in [-0.05, 0) is 46.2 Å². The first-order chi connectivity index (χ1) is 14.4. The minimum atomic E-state index is -1.12. The molecule has 0 bridgehead atoms. The Bertz CT molecular complexity index is 1110. The van der Waals surface area contributed by atoms with E-state index in [9.17, 15) is 14.4 Å². The van der Waals surface area contributed by atoms with E-state index in [1.165, 1.54) is 11.1 Å². The second kappa shape index (κ2) is 8.13. The summed E-state index contributed by atoms with van der Waals surface area (Å²) in [5.41, 5.74) is 3.11. The molecule has 3 aromatic rings. The molecule has 1 saturated heterocycles. The molecule has 3 heterocycles. The van der Waals surface area contributed by atoms with Crippen LogP contribution in [0.5, 0.6) is 0 Å². The number of nitrogens with zero attached hydrogens (tertiary/aromatic N) is 2. The van der Waals surface area contributed by atoms with Crippen molar-refractivity contribution in [3.63, 3.8) is 0 Å². The lowest BCUT2D eigenvalue weighted by Crippen LogP contribution is -2.32. The zero-order valence-electron chi connectivity index (χ0n) is 16.4. The Labute approximate surface area is 183 Å². The molecule has 1 aliphatic heterocycles. The van der Waals surface area contributed by atoms with E-state index < -0.39 is 29.6 Å². The molecule has 2 unspecified atom stereocenters. The second-order valence-corrected chi connectivity index (χ2v) is 8.60. The Balaban J connectivity index is 1.82. The van der Waals surface area contributed by atoms with Crippen LogP contribution in [0.15, 0.2) is 59.4 Å². The normalized spacial score (nSPS) is 19.0. The van der Waals surface area contributed by atoms with Crippen molar-refractivity contribution >= 4 is 46.1 Å². The van der Waals surface area contributed by atoms with Gasteiger partial charge in [-0.15, -0.1) is 0 Å². The number of carbonyl (C=O) groups is 3. The molecule has 0 spiro atoms. The summed E-state index contributed by atoms with van der Waals surface area (Å²) in [6.45, 7) is 3.45. The standard InChI is InChI=1S/C23H19ClN2O3S/c1-13(2)20(27)18-19(17-4-3-10-25-22(17)24)26(23(29)21(18)28)16-7-5-14(6-8-16)15-9-11-30-12-15/h3-13,18-19H,1-2H3. The van der Waals surface area contributed by atoms with Crippen molar-refractivity contribution in [2.75, 3.05) is 4.90 Å². The molecular weight excluding hydrogens is 420 g/mol. The SMILES string of the molecule is CC(C)C(=O)C1C(=O)C(=O)N(c2ccc(-c3ccsc3)cc2)C1c1cccnc1Cl. The molecule has 0 saturated carbocycles. The number of aromatic nitrogens is 1. The van der Waals surface area contributed by atoms with Crippen molar-refractivity contribution in [1.29, 1.82) is 0 Å². The zero-order chi connectivity index (χ0) is 21.4. The molecule has 2 aromatic heterocycles. The molecule has 0 N–H and O–H groups in total. The Morgan fingerprint density at radius 3 is 2.43 bits per heavy atom. The van der Waals surface area contributed by atoms with Gasteiger partial charge >= 0.3 is 0 Å². The molecule has 152 valence electrons.